The Balaban J connectivity index is 1.27. The third kappa shape index (κ3) is 40.4. The van der Waals surface area contributed by atoms with Crippen LogP contribution in [0.25, 0.3) is 10.9 Å². The number of primary amides is 2. The summed E-state index contributed by atoms with van der Waals surface area (Å²) in [5.41, 5.74) is 18.3. The quantitative estimate of drug-likeness (QED) is 0.0111. The number of alkyl carbamates (subject to hydrolysis) is 1. The number of nitrogens with two attached hydrogens (primary N) is 3. The van der Waals surface area contributed by atoms with Crippen LogP contribution in [0.2, 0.25) is 5.02 Å². The molecule has 0 fully saturated rings. The number of anilines is 1. The number of aromatic amines is 1. The summed E-state index contributed by atoms with van der Waals surface area (Å²) in [5, 5.41) is 78.2. The lowest BCUT2D eigenvalue weighted by Crippen LogP contribution is -2.57. The van der Waals surface area contributed by atoms with Gasteiger partial charge in [0.15, 0.2) is 5.96 Å². The van der Waals surface area contributed by atoms with Crippen molar-refractivity contribution in [3.8, 4) is 5.75 Å². The van der Waals surface area contributed by atoms with Gasteiger partial charge in [-0.3, -0.25) is 96.7 Å². The number of phenolic OH excluding ortho intramolecular Hbond substituents is 1. The van der Waals surface area contributed by atoms with E-state index < -0.39 is 224 Å². The zero-order chi connectivity index (χ0) is 93.0. The molecule has 0 radical (unpaired) electrons. The van der Waals surface area contributed by atoms with Gasteiger partial charge in [-0.1, -0.05) is 30.7 Å². The van der Waals surface area contributed by atoms with E-state index in [-0.39, 0.29) is 69.9 Å². The molecule has 2 heterocycles. The van der Waals surface area contributed by atoms with Gasteiger partial charge in [0.2, 0.25) is 94.5 Å². The van der Waals surface area contributed by atoms with Gasteiger partial charge < -0.3 is 138 Å². The van der Waals surface area contributed by atoms with Gasteiger partial charge in [-0.25, -0.2) is 9.78 Å². The Bertz CT molecular complexity index is 4450. The number of rotatable bonds is 56. The second kappa shape index (κ2) is 53.6. The van der Waals surface area contributed by atoms with Crippen molar-refractivity contribution >= 4 is 147 Å². The number of nitrogens with one attached hydrogen (secondary N) is 19. The van der Waals surface area contributed by atoms with Crippen LogP contribution in [0.4, 0.5) is 10.5 Å². The predicted octanol–water partition coefficient (Wildman–Crippen LogP) is -6.82. The lowest BCUT2D eigenvalue weighted by atomic mass is 10.0. The standard InChI is InChI=1S/C76H110ClN25O23/c1-7-102(25-9-10-39(2)91-49-22-24-83-53-29-45(77)14-17-48(49)53)26-27-125-76(124)101-52(18-20-57(78)104)70(119)87-35-59(106)97-51(11-8-23-84-75(80)81)73(122)94-42(5)68(117)92-41(4)67(116)86-34-60(107)100-56(31-64(112)113)72(121)89-36-61(108)98-54(28-44-12-15-47(103)16-13-44)71(120)88-37-62(109)99-55(30-46-32-82-38-90-46)74(123)95-43(6)69(118)93-40(3)66(115)85-33-58(105)96-50(65(79)114)19-21-63(110)111/h12-17,22,24,29,32,38-43,50-52,54-56,103H,7-11,18-21,23,25-28,30-31,33-37H2,1-6H3,(H2,78,104)(H2,79,114)(H,82,90)(H,83,91)(H,85,115)(H,86,116)(H,87,119)(H,88,120)(H,89,121)(H,92,117)(H,93,118)(H,94,122)(H,95,123)(H,96,105)(H,97,106)(H,98,108)(H,99,109)(H,100,107)(H,101,124)(H,110,111)(H,112,113)(H4,80,81,84)/t39?,40-,41-,42-,43-,50-,51-,52-,54-,55-,56-/m0/s1. The van der Waals surface area contributed by atoms with Crippen molar-refractivity contribution in [2.24, 2.45) is 17.2 Å². The van der Waals surface area contributed by atoms with E-state index in [1.54, 1.807) is 18.3 Å². The molecule has 2 aromatic heterocycles. The maximum absolute atomic E-state index is 13.8. The first kappa shape index (κ1) is 103. The average molecular weight is 1780 g/mol. The molecule has 17 amide bonds. The number of carbonyl (C=O) groups is 19. The Morgan fingerprint density at radius 3 is 1.50 bits per heavy atom. The maximum atomic E-state index is 13.8. The van der Waals surface area contributed by atoms with Gasteiger partial charge in [0.1, 0.15) is 72.8 Å². The van der Waals surface area contributed by atoms with Crippen LogP contribution in [0.15, 0.2) is 67.3 Å². The van der Waals surface area contributed by atoms with Crippen molar-refractivity contribution < 1.29 is 111 Å². The molecule has 0 spiro atoms. The van der Waals surface area contributed by atoms with E-state index in [1.807, 2.05) is 19.1 Å². The second-order valence-electron chi connectivity index (χ2n) is 28.7. The van der Waals surface area contributed by atoms with Crippen LogP contribution in [0.3, 0.4) is 0 Å². The number of amides is 17. The minimum Gasteiger partial charge on any atom is -0.508 e. The lowest BCUT2D eigenvalue weighted by molar-refractivity contribution is -0.141. The molecule has 4 rings (SSSR count). The number of benzene rings is 2. The Morgan fingerprint density at radius 2 is 0.992 bits per heavy atom. The van der Waals surface area contributed by atoms with Crippen LogP contribution >= 0.6 is 11.6 Å². The minimum atomic E-state index is -1.91. The summed E-state index contributed by atoms with van der Waals surface area (Å²) in [6.07, 6.45) is 1.71. The highest BCUT2D eigenvalue weighted by Gasteiger charge is 2.33. The van der Waals surface area contributed by atoms with Gasteiger partial charge in [0, 0.05) is 79.0 Å². The molecule has 4 aromatic rings. The van der Waals surface area contributed by atoms with E-state index in [1.165, 1.54) is 64.5 Å². The van der Waals surface area contributed by atoms with Gasteiger partial charge in [-0.05, 0) is 128 Å². The molecule has 1 unspecified atom stereocenters. The van der Waals surface area contributed by atoms with Crippen LogP contribution in [0, 0.1) is 5.41 Å². The molecule has 48 nitrogen and oxygen atoms in total. The molecule has 0 aliphatic rings. The van der Waals surface area contributed by atoms with Crippen LogP contribution in [0.1, 0.15) is 111 Å². The number of carboxylic acids is 2. The summed E-state index contributed by atoms with van der Waals surface area (Å²) in [7, 11) is 0. The van der Waals surface area contributed by atoms with Crippen molar-refractivity contribution in [2.45, 2.75) is 179 Å². The van der Waals surface area contributed by atoms with E-state index >= 15 is 0 Å². The molecular formula is C76H110ClN25O23. The van der Waals surface area contributed by atoms with Gasteiger partial charge in [-0.2, -0.15) is 0 Å². The molecule has 684 valence electrons. The number of ether oxygens (including phenoxy) is 1. The number of H-pyrrole nitrogens is 1. The first-order chi connectivity index (χ1) is 59.1. The summed E-state index contributed by atoms with van der Waals surface area (Å²) in [6, 6.07) is -1.96. The first-order valence-corrected chi connectivity index (χ1v) is 39.9. The van der Waals surface area contributed by atoms with E-state index in [0.717, 1.165) is 29.4 Å². The number of guanidine groups is 1. The van der Waals surface area contributed by atoms with Crippen LogP contribution in [-0.4, -0.2) is 286 Å². The number of hydrogen-bond donors (Lipinski definition) is 25. The number of aromatic hydroxyl groups is 1. The molecule has 11 atom stereocenters. The van der Waals surface area contributed by atoms with E-state index in [0.29, 0.717) is 35.9 Å². The van der Waals surface area contributed by atoms with Crippen molar-refractivity contribution in [3.05, 3.63) is 83.5 Å². The zero-order valence-electron chi connectivity index (χ0n) is 69.5. The highest BCUT2D eigenvalue weighted by molar-refractivity contribution is 6.31. The fraction of sp³-hybridized carbons (Fsp3) is 0.500. The number of carbonyl (C=O) groups excluding carboxylic acids is 17. The number of aliphatic carboxylic acids is 2. The zero-order valence-corrected chi connectivity index (χ0v) is 70.3. The van der Waals surface area contributed by atoms with Crippen LogP contribution < -0.4 is 108 Å². The monoisotopic (exact) mass is 1780 g/mol. The summed E-state index contributed by atoms with van der Waals surface area (Å²) < 4.78 is 5.39. The largest absolute Gasteiger partial charge is 0.508 e. The normalized spacial score (nSPS) is 13.5. The molecule has 0 saturated carbocycles. The number of likely N-dealkylation sites (N-methyl/N-ethyl adjacent to an activating group) is 1. The first-order valence-electron chi connectivity index (χ1n) is 39.5. The van der Waals surface area contributed by atoms with Gasteiger partial charge in [0.05, 0.1) is 51.0 Å². The third-order valence-electron chi connectivity index (χ3n) is 18.4. The van der Waals surface area contributed by atoms with Gasteiger partial charge >= 0.3 is 18.0 Å². The highest BCUT2D eigenvalue weighted by atomic mass is 35.5. The topological polar surface area (TPSA) is 745 Å². The van der Waals surface area contributed by atoms with E-state index in [2.05, 4.69) is 117 Å². The molecule has 0 saturated heterocycles. The predicted molar refractivity (Wildman–Crippen MR) is 445 cm³/mol. The Kier molecular flexibility index (Phi) is 44.3. The number of aromatic nitrogens is 3. The fourth-order valence-corrected chi connectivity index (χ4v) is 11.8. The van der Waals surface area contributed by atoms with Crippen molar-refractivity contribution in [3.63, 3.8) is 0 Å². The van der Waals surface area contributed by atoms with Gasteiger partial charge in [0.25, 0.3) is 0 Å². The number of fused-ring (bicyclic) bond motifs is 1. The lowest BCUT2D eigenvalue weighted by Gasteiger charge is -2.23. The fourth-order valence-electron chi connectivity index (χ4n) is 11.6. The molecule has 0 bridgehead atoms. The number of phenols is 1. The third-order valence-corrected chi connectivity index (χ3v) is 18.6. The molecule has 125 heavy (non-hydrogen) atoms. The van der Waals surface area contributed by atoms with Gasteiger partial charge in [-0.15, -0.1) is 0 Å². The molecule has 2 aromatic carbocycles. The summed E-state index contributed by atoms with van der Waals surface area (Å²) in [5.74, 6) is -19.2. The average Bonchev–Trinajstić information content (AvgIpc) is 1.11. The summed E-state index contributed by atoms with van der Waals surface area (Å²) in [4.78, 5) is 259. The number of carboxylic acid groups (broad SMARTS) is 2. The second-order valence-corrected chi connectivity index (χ2v) is 29.1. The SMILES string of the molecule is CCN(CCCC(C)Nc1ccnc2cc(Cl)ccc12)CCOC(=O)N[C@@H](CCC(N)=O)C(=O)NCC(=O)N[C@@H](CCCNC(=N)N)C(=O)N[C@@H](C)C(=O)N[C@@H](C)C(=O)NCC(=O)N[C@@H](CC(=O)O)C(=O)NCC(=O)N[C@@H](Cc1ccc(O)cc1)C(=O)NCC(=O)N[C@@H](Cc1cnc[nH]1)C(=O)N[C@@H](C)C(=O)N[C@@H](C)C(=O)NCC(=O)N[C@@H](CCC(=O)O)C(N)=O. The van der Waals surface area contributed by atoms with Crippen molar-refractivity contribution in [2.75, 3.05) is 70.8 Å². The molecule has 28 N–H and O–H groups in total. The minimum absolute atomic E-state index is 0.0422. The number of halogens is 1. The van der Waals surface area contributed by atoms with E-state index in [9.17, 15) is 101 Å². The van der Waals surface area contributed by atoms with Crippen LogP contribution in [0.5, 0.6) is 5.75 Å². The summed E-state index contributed by atoms with van der Waals surface area (Å²) >= 11 is 6.15. The molecule has 0 aliphatic carbocycles. The highest BCUT2D eigenvalue weighted by Crippen LogP contribution is 2.26. The van der Waals surface area contributed by atoms with Crippen molar-refractivity contribution in [1.29, 1.82) is 5.41 Å². The number of imidazole rings is 1. The number of hydrogen-bond acceptors (Lipinski definition) is 26. The number of nitrogens with zero attached hydrogens (tertiary/aromatic N) is 3. The van der Waals surface area contributed by atoms with Crippen LogP contribution in [-0.2, 0) is 104 Å². The Labute approximate surface area is 721 Å². The Hall–Kier alpha value is -14.1. The Morgan fingerprint density at radius 1 is 0.512 bits per heavy atom. The molecule has 0 aliphatic heterocycles. The smallest absolute Gasteiger partial charge is 0.407 e. The molecular weight excluding hydrogens is 1670 g/mol. The number of pyridine rings is 1. The van der Waals surface area contributed by atoms with E-state index in [4.69, 9.17) is 44.1 Å². The van der Waals surface area contributed by atoms with Crippen molar-refractivity contribution in [1.82, 2.24) is 105 Å². The maximum Gasteiger partial charge on any atom is 0.407 e. The molecule has 49 heteroatoms. The summed E-state index contributed by atoms with van der Waals surface area (Å²) in [6.45, 7) is 6.25.